The number of carbonyl (C=O) groups is 1. The fraction of sp³-hybridized carbons (Fsp3) is 0.391. The van der Waals surface area contributed by atoms with Crippen molar-refractivity contribution < 1.29 is 14.3 Å². The van der Waals surface area contributed by atoms with E-state index in [-0.39, 0.29) is 6.04 Å². The van der Waals surface area contributed by atoms with Crippen LogP contribution in [0.25, 0.3) is 10.9 Å². The van der Waals surface area contributed by atoms with Crippen LogP contribution in [-0.2, 0) is 4.74 Å². The Morgan fingerprint density at radius 1 is 1.16 bits per heavy atom. The smallest absolute Gasteiger partial charge is 0.341 e. The molecular formula is C23H29N5O3. The number of hydrogen-bond donors (Lipinski definition) is 2. The van der Waals surface area contributed by atoms with Crippen molar-refractivity contribution in [1.29, 1.82) is 0 Å². The van der Waals surface area contributed by atoms with Gasteiger partial charge in [0, 0.05) is 30.2 Å². The molecule has 2 N–H and O–H groups in total. The van der Waals surface area contributed by atoms with Gasteiger partial charge in [0.1, 0.15) is 11.3 Å². The number of aromatic nitrogens is 3. The first kappa shape index (κ1) is 22.3. The average molecular weight is 424 g/mol. The maximum Gasteiger partial charge on any atom is 0.341 e. The van der Waals surface area contributed by atoms with E-state index in [1.165, 1.54) is 7.11 Å². The van der Waals surface area contributed by atoms with Crippen molar-refractivity contribution in [2.45, 2.75) is 39.7 Å². The number of carbonyl (C=O) groups excluding carboxylic acids is 1. The minimum absolute atomic E-state index is 0.241. The maximum atomic E-state index is 11.8. The fourth-order valence-corrected chi connectivity index (χ4v) is 3.53. The lowest BCUT2D eigenvalue weighted by Gasteiger charge is -2.17. The molecule has 3 rings (SSSR count). The van der Waals surface area contributed by atoms with E-state index in [0.717, 1.165) is 41.7 Å². The fourth-order valence-electron chi connectivity index (χ4n) is 3.53. The number of rotatable bonds is 9. The van der Waals surface area contributed by atoms with E-state index in [2.05, 4.69) is 32.5 Å². The van der Waals surface area contributed by atoms with E-state index >= 15 is 0 Å². The zero-order valence-electron chi connectivity index (χ0n) is 18.7. The van der Waals surface area contributed by atoms with Gasteiger partial charge in [0.05, 0.1) is 36.8 Å². The zero-order valence-corrected chi connectivity index (χ0v) is 18.7. The predicted molar refractivity (Wildman–Crippen MR) is 122 cm³/mol. The van der Waals surface area contributed by atoms with Crippen LogP contribution in [0.4, 0.5) is 11.6 Å². The average Bonchev–Trinajstić information content (AvgIpc) is 2.76. The number of nitrogens with one attached hydrogen (secondary N) is 2. The van der Waals surface area contributed by atoms with E-state index in [0.29, 0.717) is 22.9 Å². The van der Waals surface area contributed by atoms with Gasteiger partial charge < -0.3 is 20.1 Å². The Bertz CT molecular complexity index is 1050. The molecule has 0 fully saturated rings. The third-order valence-corrected chi connectivity index (χ3v) is 5.07. The third-order valence-electron chi connectivity index (χ3n) is 5.07. The van der Waals surface area contributed by atoms with Crippen LogP contribution in [-0.4, -0.2) is 47.7 Å². The highest BCUT2D eigenvalue weighted by Gasteiger charge is 2.16. The van der Waals surface area contributed by atoms with Gasteiger partial charge in [-0.25, -0.2) is 14.8 Å². The molecule has 0 aliphatic carbocycles. The number of pyridine rings is 1. The van der Waals surface area contributed by atoms with E-state index in [1.54, 1.807) is 27.2 Å². The molecule has 0 saturated carbocycles. The number of fused-ring (bicyclic) bond motifs is 1. The SMILES string of the molecule is COC(=O)c1c(C)nc(NCCCC(C)Nc2cc(OC)cc3cccnc23)nc1C. The molecule has 0 spiro atoms. The summed E-state index contributed by atoms with van der Waals surface area (Å²) >= 11 is 0. The summed E-state index contributed by atoms with van der Waals surface area (Å²) in [7, 11) is 3.02. The molecule has 0 saturated heterocycles. The Morgan fingerprint density at radius 3 is 2.58 bits per heavy atom. The summed E-state index contributed by atoms with van der Waals surface area (Å²) in [6.45, 7) is 6.43. The van der Waals surface area contributed by atoms with Gasteiger partial charge in [0.25, 0.3) is 0 Å². The van der Waals surface area contributed by atoms with E-state index < -0.39 is 5.97 Å². The van der Waals surface area contributed by atoms with Gasteiger partial charge >= 0.3 is 5.97 Å². The number of methoxy groups -OCH3 is 2. The van der Waals surface area contributed by atoms with E-state index in [9.17, 15) is 4.79 Å². The number of aryl methyl sites for hydroxylation is 2. The molecule has 3 aromatic rings. The Labute approximate surface area is 182 Å². The molecule has 0 bridgehead atoms. The summed E-state index contributed by atoms with van der Waals surface area (Å²) in [4.78, 5) is 25.1. The maximum absolute atomic E-state index is 11.8. The molecular weight excluding hydrogens is 394 g/mol. The first-order valence-corrected chi connectivity index (χ1v) is 10.3. The molecule has 1 unspecified atom stereocenters. The number of esters is 1. The Kier molecular flexibility index (Phi) is 7.23. The second-order valence-corrected chi connectivity index (χ2v) is 7.45. The highest BCUT2D eigenvalue weighted by molar-refractivity contribution is 5.92. The van der Waals surface area contributed by atoms with Crippen molar-refractivity contribution in [3.05, 3.63) is 47.4 Å². The topological polar surface area (TPSA) is 98.3 Å². The summed E-state index contributed by atoms with van der Waals surface area (Å²) in [6.07, 6.45) is 3.66. The predicted octanol–water partition coefficient (Wildman–Crippen LogP) is 4.13. The Hall–Kier alpha value is -3.42. The van der Waals surface area contributed by atoms with Gasteiger partial charge in [-0.3, -0.25) is 4.98 Å². The highest BCUT2D eigenvalue weighted by Crippen LogP contribution is 2.28. The lowest BCUT2D eigenvalue weighted by molar-refractivity contribution is 0.0598. The van der Waals surface area contributed by atoms with Gasteiger partial charge in [-0.1, -0.05) is 6.07 Å². The molecule has 1 aromatic carbocycles. The van der Waals surface area contributed by atoms with Gasteiger partial charge in [-0.15, -0.1) is 0 Å². The third kappa shape index (κ3) is 5.39. The second kappa shape index (κ2) is 10.1. The molecule has 0 amide bonds. The first-order chi connectivity index (χ1) is 14.9. The van der Waals surface area contributed by atoms with Crippen molar-refractivity contribution in [1.82, 2.24) is 15.0 Å². The summed E-state index contributed by atoms with van der Waals surface area (Å²) in [5, 5.41) is 7.83. The van der Waals surface area contributed by atoms with Gasteiger partial charge in [-0.05, 0) is 45.7 Å². The van der Waals surface area contributed by atoms with Crippen molar-refractivity contribution in [3.63, 3.8) is 0 Å². The minimum Gasteiger partial charge on any atom is -0.497 e. The summed E-state index contributed by atoms with van der Waals surface area (Å²) in [6, 6.07) is 8.15. The molecule has 2 aromatic heterocycles. The molecule has 8 nitrogen and oxygen atoms in total. The van der Waals surface area contributed by atoms with E-state index in [1.807, 2.05) is 24.3 Å². The second-order valence-electron chi connectivity index (χ2n) is 7.45. The van der Waals surface area contributed by atoms with Crippen molar-refractivity contribution in [3.8, 4) is 5.75 Å². The van der Waals surface area contributed by atoms with Crippen molar-refractivity contribution >= 4 is 28.5 Å². The van der Waals surface area contributed by atoms with Crippen LogP contribution in [0, 0.1) is 13.8 Å². The summed E-state index contributed by atoms with van der Waals surface area (Å²) in [5.41, 5.74) is 3.52. The zero-order chi connectivity index (χ0) is 22.4. The van der Waals surface area contributed by atoms with Crippen LogP contribution in [0.3, 0.4) is 0 Å². The van der Waals surface area contributed by atoms with Crippen LogP contribution < -0.4 is 15.4 Å². The highest BCUT2D eigenvalue weighted by atomic mass is 16.5. The molecule has 0 aliphatic heterocycles. The number of anilines is 2. The standard InChI is InChI=1S/C23H29N5O3/c1-14(26-19-13-18(30-4)12-17-9-7-10-24-21(17)19)8-6-11-25-23-27-15(2)20(16(3)28-23)22(29)31-5/h7,9-10,12-14,26H,6,8,11H2,1-5H3,(H,25,27,28). The normalized spacial score (nSPS) is 11.8. The number of ether oxygens (including phenoxy) is 2. The van der Waals surface area contributed by atoms with Crippen LogP contribution in [0.5, 0.6) is 5.75 Å². The molecule has 0 aliphatic rings. The monoisotopic (exact) mass is 423 g/mol. The quantitative estimate of drug-likeness (QED) is 0.392. The lowest BCUT2D eigenvalue weighted by Crippen LogP contribution is -2.18. The van der Waals surface area contributed by atoms with Gasteiger partial charge in [0.15, 0.2) is 0 Å². The molecule has 2 heterocycles. The Balaban J connectivity index is 1.56. The largest absolute Gasteiger partial charge is 0.497 e. The van der Waals surface area contributed by atoms with Gasteiger partial charge in [-0.2, -0.15) is 0 Å². The van der Waals surface area contributed by atoms with Crippen molar-refractivity contribution in [2.24, 2.45) is 0 Å². The van der Waals surface area contributed by atoms with Crippen LogP contribution in [0.1, 0.15) is 41.5 Å². The molecule has 1 atom stereocenters. The molecule has 8 heteroatoms. The number of nitrogens with zero attached hydrogens (tertiary/aromatic N) is 3. The van der Waals surface area contributed by atoms with Crippen molar-refractivity contribution in [2.75, 3.05) is 31.4 Å². The molecule has 0 radical (unpaired) electrons. The first-order valence-electron chi connectivity index (χ1n) is 10.3. The number of hydrogen-bond acceptors (Lipinski definition) is 8. The van der Waals surface area contributed by atoms with Gasteiger partial charge in [0.2, 0.25) is 5.95 Å². The van der Waals surface area contributed by atoms with Crippen LogP contribution in [0.2, 0.25) is 0 Å². The summed E-state index contributed by atoms with van der Waals surface area (Å²) < 4.78 is 10.2. The molecule has 164 valence electrons. The number of benzene rings is 1. The minimum atomic E-state index is -0.416. The van der Waals surface area contributed by atoms with Crippen LogP contribution >= 0.6 is 0 Å². The lowest BCUT2D eigenvalue weighted by atomic mass is 10.1. The van der Waals surface area contributed by atoms with Crippen LogP contribution in [0.15, 0.2) is 30.5 Å². The summed E-state index contributed by atoms with van der Waals surface area (Å²) in [5.74, 6) is 0.905. The molecule has 31 heavy (non-hydrogen) atoms. The Morgan fingerprint density at radius 2 is 1.90 bits per heavy atom. The van der Waals surface area contributed by atoms with E-state index in [4.69, 9.17) is 9.47 Å².